The third-order valence-electron chi connectivity index (χ3n) is 2.51. The molecule has 0 aliphatic carbocycles. The van der Waals surface area contributed by atoms with Gasteiger partial charge in [-0.3, -0.25) is 14.7 Å². The van der Waals surface area contributed by atoms with Gasteiger partial charge in [-0.2, -0.15) is 5.10 Å². The van der Waals surface area contributed by atoms with Crippen molar-refractivity contribution in [3.8, 4) is 0 Å². The number of anilines is 1. The zero-order valence-corrected chi connectivity index (χ0v) is 10.5. The van der Waals surface area contributed by atoms with Crippen molar-refractivity contribution in [1.82, 2.24) is 15.5 Å². The molecule has 7 heteroatoms. The van der Waals surface area contributed by atoms with E-state index in [4.69, 9.17) is 0 Å². The van der Waals surface area contributed by atoms with Gasteiger partial charge < -0.3 is 10.6 Å². The molecular weight excluding hydrogens is 263 g/mol. The second-order valence-electron chi connectivity index (χ2n) is 4.12. The minimum absolute atomic E-state index is 0.0965. The molecule has 0 saturated carbocycles. The van der Waals surface area contributed by atoms with Crippen LogP contribution in [-0.4, -0.2) is 28.6 Å². The molecular formula is C13H13FN4O2. The summed E-state index contributed by atoms with van der Waals surface area (Å²) in [6, 6.07) is 5.63. The fraction of sp³-hybridized carbons (Fsp3) is 0.154. The molecule has 104 valence electrons. The maximum absolute atomic E-state index is 12.7. The number of nitrogens with zero attached hydrogens (tertiary/aromatic N) is 1. The standard InChI is InChI=1S/C13H13FN4O2/c14-10-3-1-9(2-4-10)5-12(19)15-8-13(20)18-11-6-16-17-7-11/h1-4,6-7H,5,8H2,(H,15,19)(H,16,17)(H,18,20). The third kappa shape index (κ3) is 4.20. The van der Waals surface area contributed by atoms with Crippen LogP contribution in [0.5, 0.6) is 0 Å². The van der Waals surface area contributed by atoms with E-state index < -0.39 is 0 Å². The smallest absolute Gasteiger partial charge is 0.243 e. The van der Waals surface area contributed by atoms with Crippen LogP contribution in [0.2, 0.25) is 0 Å². The Morgan fingerprint density at radius 1 is 1.20 bits per heavy atom. The first-order chi connectivity index (χ1) is 9.63. The maximum atomic E-state index is 12.7. The van der Waals surface area contributed by atoms with Gasteiger partial charge in [-0.15, -0.1) is 0 Å². The molecule has 1 heterocycles. The predicted octanol–water partition coefficient (Wildman–Crippen LogP) is 0.846. The molecule has 1 aromatic heterocycles. The van der Waals surface area contributed by atoms with Gasteiger partial charge in [0.05, 0.1) is 24.8 Å². The van der Waals surface area contributed by atoms with Crippen LogP contribution >= 0.6 is 0 Å². The molecule has 2 rings (SSSR count). The average Bonchev–Trinajstić information content (AvgIpc) is 2.92. The Labute approximate surface area is 114 Å². The Balaban J connectivity index is 1.74. The number of aromatic amines is 1. The zero-order chi connectivity index (χ0) is 14.4. The van der Waals surface area contributed by atoms with Crippen molar-refractivity contribution in [2.45, 2.75) is 6.42 Å². The van der Waals surface area contributed by atoms with Crippen molar-refractivity contribution in [2.24, 2.45) is 0 Å². The van der Waals surface area contributed by atoms with Crippen LogP contribution in [0.3, 0.4) is 0 Å². The van der Waals surface area contributed by atoms with E-state index in [-0.39, 0.29) is 30.6 Å². The highest BCUT2D eigenvalue weighted by molar-refractivity contribution is 5.94. The largest absolute Gasteiger partial charge is 0.347 e. The van der Waals surface area contributed by atoms with Gasteiger partial charge in [0.2, 0.25) is 11.8 Å². The minimum Gasteiger partial charge on any atom is -0.347 e. The number of hydrogen-bond donors (Lipinski definition) is 3. The number of halogens is 1. The summed E-state index contributed by atoms with van der Waals surface area (Å²) in [5.41, 5.74) is 1.21. The number of rotatable bonds is 5. The van der Waals surface area contributed by atoms with Gasteiger partial charge in [-0.05, 0) is 17.7 Å². The number of hydrogen-bond acceptors (Lipinski definition) is 3. The van der Waals surface area contributed by atoms with Crippen LogP contribution < -0.4 is 10.6 Å². The van der Waals surface area contributed by atoms with Gasteiger partial charge in [0.15, 0.2) is 0 Å². The number of benzene rings is 1. The van der Waals surface area contributed by atoms with Gasteiger partial charge in [-0.1, -0.05) is 12.1 Å². The van der Waals surface area contributed by atoms with Crippen LogP contribution in [0.25, 0.3) is 0 Å². The van der Waals surface area contributed by atoms with Crippen LogP contribution in [0.1, 0.15) is 5.56 Å². The number of aromatic nitrogens is 2. The first-order valence-electron chi connectivity index (χ1n) is 5.93. The van der Waals surface area contributed by atoms with Gasteiger partial charge in [0.25, 0.3) is 0 Å². The molecule has 3 N–H and O–H groups in total. The minimum atomic E-state index is -0.353. The molecule has 0 fully saturated rings. The third-order valence-corrected chi connectivity index (χ3v) is 2.51. The lowest BCUT2D eigenvalue weighted by molar-refractivity contribution is -0.123. The van der Waals surface area contributed by atoms with Crippen LogP contribution in [0.4, 0.5) is 10.1 Å². The molecule has 2 aromatic rings. The highest BCUT2D eigenvalue weighted by Crippen LogP contribution is 2.03. The van der Waals surface area contributed by atoms with Crippen molar-refractivity contribution in [3.63, 3.8) is 0 Å². The summed E-state index contributed by atoms with van der Waals surface area (Å²) in [5, 5.41) is 11.3. The molecule has 0 aliphatic rings. The van der Waals surface area contributed by atoms with Crippen LogP contribution in [-0.2, 0) is 16.0 Å². The van der Waals surface area contributed by atoms with E-state index in [1.807, 2.05) is 0 Å². The normalized spacial score (nSPS) is 10.1. The average molecular weight is 276 g/mol. The number of carbonyl (C=O) groups excluding carboxylic acids is 2. The summed E-state index contributed by atoms with van der Waals surface area (Å²) in [6.07, 6.45) is 3.08. The Hall–Kier alpha value is -2.70. The Morgan fingerprint density at radius 3 is 2.60 bits per heavy atom. The lowest BCUT2D eigenvalue weighted by atomic mass is 10.1. The second-order valence-corrected chi connectivity index (χ2v) is 4.12. The molecule has 0 atom stereocenters. The molecule has 2 amide bonds. The molecule has 1 aromatic carbocycles. The molecule has 0 radical (unpaired) electrons. The first-order valence-corrected chi connectivity index (χ1v) is 5.93. The summed E-state index contributed by atoms with van der Waals surface area (Å²) in [6.45, 7) is -0.134. The van der Waals surface area contributed by atoms with Gasteiger partial charge >= 0.3 is 0 Å². The van der Waals surface area contributed by atoms with Crippen molar-refractivity contribution >= 4 is 17.5 Å². The SMILES string of the molecule is O=C(Cc1ccc(F)cc1)NCC(=O)Nc1cn[nH]c1. The molecule has 6 nitrogen and oxygen atoms in total. The van der Waals surface area contributed by atoms with E-state index in [1.165, 1.54) is 36.7 Å². The maximum Gasteiger partial charge on any atom is 0.243 e. The van der Waals surface area contributed by atoms with Crippen molar-refractivity contribution < 1.29 is 14.0 Å². The molecule has 0 spiro atoms. The molecule has 0 saturated heterocycles. The van der Waals surface area contributed by atoms with E-state index in [2.05, 4.69) is 20.8 Å². The zero-order valence-electron chi connectivity index (χ0n) is 10.5. The first kappa shape index (κ1) is 13.7. The lowest BCUT2D eigenvalue weighted by Crippen LogP contribution is -2.33. The summed E-state index contributed by atoms with van der Waals surface area (Å²) >= 11 is 0. The monoisotopic (exact) mass is 276 g/mol. The Bertz CT molecular complexity index is 581. The van der Waals surface area contributed by atoms with Crippen LogP contribution in [0, 0.1) is 5.82 Å². The van der Waals surface area contributed by atoms with Gasteiger partial charge in [0, 0.05) is 6.20 Å². The summed E-state index contributed by atoms with van der Waals surface area (Å²) < 4.78 is 12.7. The van der Waals surface area contributed by atoms with E-state index >= 15 is 0 Å². The number of carbonyl (C=O) groups is 2. The summed E-state index contributed by atoms with van der Waals surface area (Å²) in [4.78, 5) is 23.1. The fourth-order valence-corrected chi connectivity index (χ4v) is 1.55. The number of H-pyrrole nitrogens is 1. The number of amides is 2. The fourth-order valence-electron chi connectivity index (χ4n) is 1.55. The number of nitrogens with one attached hydrogen (secondary N) is 3. The highest BCUT2D eigenvalue weighted by atomic mass is 19.1. The van der Waals surface area contributed by atoms with Crippen molar-refractivity contribution in [2.75, 3.05) is 11.9 Å². The Morgan fingerprint density at radius 2 is 1.95 bits per heavy atom. The summed E-state index contributed by atoms with van der Waals surface area (Å²) in [5.74, 6) is -1.01. The van der Waals surface area contributed by atoms with E-state index in [1.54, 1.807) is 0 Å². The molecule has 20 heavy (non-hydrogen) atoms. The van der Waals surface area contributed by atoms with Crippen molar-refractivity contribution in [3.05, 3.63) is 48.0 Å². The highest BCUT2D eigenvalue weighted by Gasteiger charge is 2.07. The van der Waals surface area contributed by atoms with E-state index in [9.17, 15) is 14.0 Å². The van der Waals surface area contributed by atoms with Crippen LogP contribution in [0.15, 0.2) is 36.7 Å². The molecule has 0 aliphatic heterocycles. The van der Waals surface area contributed by atoms with Crippen molar-refractivity contribution in [1.29, 1.82) is 0 Å². The van der Waals surface area contributed by atoms with E-state index in [0.29, 0.717) is 11.3 Å². The van der Waals surface area contributed by atoms with Gasteiger partial charge in [-0.25, -0.2) is 4.39 Å². The second kappa shape index (κ2) is 6.46. The topological polar surface area (TPSA) is 86.9 Å². The summed E-state index contributed by atoms with van der Waals surface area (Å²) in [7, 11) is 0. The Kier molecular flexibility index (Phi) is 4.43. The quantitative estimate of drug-likeness (QED) is 0.756. The molecule has 0 bridgehead atoms. The molecule has 0 unspecified atom stereocenters. The lowest BCUT2D eigenvalue weighted by Gasteiger charge is -2.05. The predicted molar refractivity (Wildman–Crippen MR) is 70.3 cm³/mol. The van der Waals surface area contributed by atoms with Gasteiger partial charge in [0.1, 0.15) is 5.82 Å². The van der Waals surface area contributed by atoms with E-state index in [0.717, 1.165) is 0 Å².